The minimum Gasteiger partial charge on any atom is -0.449 e. The Hall–Kier alpha value is 1.19. The summed E-state index contributed by atoms with van der Waals surface area (Å²) in [5.74, 6) is 0. The van der Waals surface area contributed by atoms with E-state index in [1.54, 1.807) is 6.07 Å². The van der Waals surface area contributed by atoms with Gasteiger partial charge in [-0.3, -0.25) is 0 Å². The first-order valence-electron chi connectivity index (χ1n) is 3.84. The van der Waals surface area contributed by atoms with Gasteiger partial charge in [-0.15, -0.1) is 0 Å². The van der Waals surface area contributed by atoms with Crippen molar-refractivity contribution in [1.82, 2.24) is 0 Å². The van der Waals surface area contributed by atoms with E-state index >= 15 is 0 Å². The second-order valence-corrected chi connectivity index (χ2v) is 3.85. The average Bonchev–Trinajstić information content (AvgIpc) is 1.94. The molecule has 0 radical (unpaired) electrons. The number of halogens is 4. The molecule has 0 aliphatic rings. The molecule has 0 unspecified atom stereocenters. The third-order valence-corrected chi connectivity index (χ3v) is 2.56. The molecule has 0 saturated heterocycles. The van der Waals surface area contributed by atoms with Crippen molar-refractivity contribution in [2.45, 2.75) is 13.2 Å². The predicted molar refractivity (Wildman–Crippen MR) is 51.7 cm³/mol. The zero-order valence-corrected chi connectivity index (χ0v) is 12.7. The van der Waals surface area contributed by atoms with E-state index in [0.29, 0.717) is 5.56 Å². The van der Waals surface area contributed by atoms with Gasteiger partial charge in [0.2, 0.25) is 0 Å². The van der Waals surface area contributed by atoms with E-state index in [-0.39, 0.29) is 51.4 Å². The summed E-state index contributed by atoms with van der Waals surface area (Å²) >= 11 is 3.19. The summed E-state index contributed by atoms with van der Waals surface area (Å²) in [4.78, 5) is 0. The van der Waals surface area contributed by atoms with Gasteiger partial charge in [0.15, 0.2) is 0 Å². The fourth-order valence-electron chi connectivity index (χ4n) is 1.03. The normalized spacial score (nSPS) is 10.9. The van der Waals surface area contributed by atoms with E-state index in [9.17, 15) is 12.9 Å². The molecule has 1 aromatic rings. The van der Waals surface area contributed by atoms with Crippen LogP contribution in [0.25, 0.3) is 0 Å². The smallest absolute Gasteiger partial charge is 0.449 e. The molecule has 0 saturated carbocycles. The summed E-state index contributed by atoms with van der Waals surface area (Å²) < 4.78 is 36.8. The summed E-state index contributed by atoms with van der Waals surface area (Å²) in [5, 5.41) is 0. The molecule has 1 rings (SSSR count). The van der Waals surface area contributed by atoms with Crippen molar-refractivity contribution in [3.05, 3.63) is 33.8 Å². The van der Waals surface area contributed by atoms with Crippen molar-refractivity contribution in [2.24, 2.45) is 0 Å². The molecule has 1 aromatic carbocycles. The van der Waals surface area contributed by atoms with Crippen LogP contribution in [-0.2, 0) is 6.32 Å². The maximum absolute atomic E-state index is 12.0. The summed E-state index contributed by atoms with van der Waals surface area (Å²) in [6.07, 6.45) is -0.807. The van der Waals surface area contributed by atoms with Gasteiger partial charge in [0.25, 0.3) is 0 Å². The van der Waals surface area contributed by atoms with Crippen LogP contribution < -0.4 is 51.4 Å². The van der Waals surface area contributed by atoms with Crippen LogP contribution in [0.15, 0.2) is 22.7 Å². The largest absolute Gasteiger partial charge is 1.00 e. The van der Waals surface area contributed by atoms with Gasteiger partial charge in [0.05, 0.1) is 0 Å². The molecule has 14 heavy (non-hydrogen) atoms. The molecule has 0 nitrogen and oxygen atoms in total. The Morgan fingerprint density at radius 2 is 1.86 bits per heavy atom. The third-order valence-electron chi connectivity index (χ3n) is 1.70. The van der Waals surface area contributed by atoms with Crippen LogP contribution in [0.5, 0.6) is 0 Å². The molecule has 0 fully saturated rings. The van der Waals surface area contributed by atoms with Gasteiger partial charge in [-0.1, -0.05) is 39.9 Å². The second-order valence-electron chi connectivity index (χ2n) is 3.00. The van der Waals surface area contributed by atoms with E-state index in [4.69, 9.17) is 0 Å². The SMILES string of the molecule is Cc1ccc(C[B-](F)(F)F)cc1Br.[K+]. The maximum Gasteiger partial charge on any atom is 1.00 e. The van der Waals surface area contributed by atoms with Gasteiger partial charge >= 0.3 is 58.4 Å². The van der Waals surface area contributed by atoms with E-state index in [1.807, 2.05) is 6.92 Å². The molecule has 0 atom stereocenters. The monoisotopic (exact) mass is 290 g/mol. The van der Waals surface area contributed by atoms with Gasteiger partial charge in [0.1, 0.15) is 0 Å². The first-order chi connectivity index (χ1) is 5.88. The van der Waals surface area contributed by atoms with Crippen molar-refractivity contribution in [3.8, 4) is 0 Å². The molecular weight excluding hydrogens is 283 g/mol. The van der Waals surface area contributed by atoms with Crippen molar-refractivity contribution < 1.29 is 64.3 Å². The van der Waals surface area contributed by atoms with Crippen LogP contribution in [0.2, 0.25) is 0 Å². The number of hydrogen-bond acceptors (Lipinski definition) is 0. The maximum atomic E-state index is 12.0. The van der Waals surface area contributed by atoms with Crippen LogP contribution >= 0.6 is 15.9 Å². The second kappa shape index (κ2) is 6.06. The standard InChI is InChI=1S/C8H8BBrF3.K/c1-6-2-3-7(4-8(6)10)5-9(11,12)13;/h2-4H,5H2,1H3;/q-1;+1. The minimum atomic E-state index is -4.73. The molecule has 72 valence electrons. The molecule has 0 bridgehead atoms. The zero-order chi connectivity index (χ0) is 10.1. The topological polar surface area (TPSA) is 0 Å². The Labute approximate surface area is 132 Å². The summed E-state index contributed by atoms with van der Waals surface area (Å²) in [6.45, 7) is -2.89. The van der Waals surface area contributed by atoms with Crippen LogP contribution in [0.3, 0.4) is 0 Å². The Bertz CT molecular complexity index is 314. The van der Waals surface area contributed by atoms with E-state index in [0.717, 1.165) is 10.0 Å². The molecule has 0 aliphatic heterocycles. The minimum absolute atomic E-state index is 0. The van der Waals surface area contributed by atoms with Gasteiger partial charge in [-0.2, -0.15) is 0 Å². The van der Waals surface area contributed by atoms with Gasteiger partial charge in [0, 0.05) is 4.47 Å². The van der Waals surface area contributed by atoms with Crippen LogP contribution in [0.1, 0.15) is 11.1 Å². The average molecular weight is 291 g/mol. The number of benzene rings is 1. The molecule has 0 aliphatic carbocycles. The zero-order valence-electron chi connectivity index (χ0n) is 8.03. The van der Waals surface area contributed by atoms with Crippen LogP contribution in [0, 0.1) is 6.92 Å². The summed E-state index contributed by atoms with van der Waals surface area (Å²) in [7, 11) is 0. The van der Waals surface area contributed by atoms with E-state index in [1.165, 1.54) is 12.1 Å². The van der Waals surface area contributed by atoms with E-state index in [2.05, 4.69) is 15.9 Å². The fourth-order valence-corrected chi connectivity index (χ4v) is 1.46. The van der Waals surface area contributed by atoms with E-state index < -0.39 is 13.3 Å². The molecule has 0 N–H and O–H groups in total. The predicted octanol–water partition coefficient (Wildman–Crippen LogP) is 0.691. The summed E-state index contributed by atoms with van der Waals surface area (Å²) in [5.41, 5.74) is 1.25. The van der Waals surface area contributed by atoms with Crippen molar-refractivity contribution >= 4 is 22.9 Å². The molecule has 6 heteroatoms. The van der Waals surface area contributed by atoms with Crippen molar-refractivity contribution in [2.75, 3.05) is 0 Å². The fraction of sp³-hybridized carbons (Fsp3) is 0.250. The van der Waals surface area contributed by atoms with Crippen molar-refractivity contribution in [3.63, 3.8) is 0 Å². The molecule has 0 aromatic heterocycles. The molecule has 0 heterocycles. The number of rotatable bonds is 2. The number of aryl methyl sites for hydroxylation is 1. The Balaban J connectivity index is 0.00000169. The summed E-state index contributed by atoms with van der Waals surface area (Å²) in [6, 6.07) is 4.71. The molecule has 0 spiro atoms. The van der Waals surface area contributed by atoms with Crippen LogP contribution in [-0.4, -0.2) is 6.98 Å². The number of hydrogen-bond donors (Lipinski definition) is 0. The van der Waals surface area contributed by atoms with Crippen molar-refractivity contribution in [1.29, 1.82) is 0 Å². The van der Waals surface area contributed by atoms with Gasteiger partial charge in [-0.25, -0.2) is 0 Å². The first-order valence-corrected chi connectivity index (χ1v) is 4.64. The third kappa shape index (κ3) is 5.32. The molecular formula is C8H8BBrF3K. The van der Waals surface area contributed by atoms with Crippen LogP contribution in [0.4, 0.5) is 12.9 Å². The Morgan fingerprint density at radius 3 is 2.29 bits per heavy atom. The molecule has 0 amide bonds. The van der Waals surface area contributed by atoms with Gasteiger partial charge in [-0.05, 0) is 18.6 Å². The Morgan fingerprint density at radius 1 is 1.29 bits per heavy atom. The first kappa shape index (κ1) is 15.2. The Kier molecular flexibility index (Phi) is 6.57. The van der Waals surface area contributed by atoms with Gasteiger partial charge < -0.3 is 12.9 Å². The quantitative estimate of drug-likeness (QED) is 0.703.